The van der Waals surface area contributed by atoms with Crippen molar-refractivity contribution in [3.05, 3.63) is 59.6 Å². The van der Waals surface area contributed by atoms with Gasteiger partial charge < -0.3 is 10.1 Å². The van der Waals surface area contributed by atoms with Crippen LogP contribution in [-0.4, -0.2) is 23.4 Å². The Bertz CT molecular complexity index is 662. The highest BCUT2D eigenvalue weighted by atomic mass is 35.5. The van der Waals surface area contributed by atoms with Crippen molar-refractivity contribution in [3.8, 4) is 5.75 Å². The number of nitro groups is 2. The molecular formula is C11H9Cl2N3O5. The fraction of sp³-hybridized carbons (Fsp3) is 0.273. The third-order valence-electron chi connectivity index (χ3n) is 2.93. The number of nitrogens with one attached hydrogen (secondary N) is 1. The van der Waals surface area contributed by atoms with Crippen LogP contribution < -0.4 is 10.1 Å². The molecular weight excluding hydrogens is 325 g/mol. The lowest BCUT2D eigenvalue weighted by Gasteiger charge is -2.24. The highest BCUT2D eigenvalue weighted by molar-refractivity contribution is 6.35. The summed E-state index contributed by atoms with van der Waals surface area (Å²) in [6.45, 7) is -0.672. The van der Waals surface area contributed by atoms with Crippen LogP contribution in [0.3, 0.4) is 0 Å². The summed E-state index contributed by atoms with van der Waals surface area (Å²) in [5.41, 5.74) is -0.213. The van der Waals surface area contributed by atoms with Crippen molar-refractivity contribution in [1.29, 1.82) is 0 Å². The molecule has 0 radical (unpaired) electrons. The minimum atomic E-state index is -1.11. The first-order valence-corrected chi connectivity index (χ1v) is 6.45. The van der Waals surface area contributed by atoms with Gasteiger partial charge in [-0.25, -0.2) is 0 Å². The third-order valence-corrected chi connectivity index (χ3v) is 3.43. The normalized spacial score (nSPS) is 17.0. The van der Waals surface area contributed by atoms with Crippen molar-refractivity contribution in [2.75, 3.05) is 13.6 Å². The van der Waals surface area contributed by atoms with E-state index in [4.69, 9.17) is 27.9 Å². The number of halogens is 2. The van der Waals surface area contributed by atoms with Gasteiger partial charge in [0.25, 0.3) is 5.88 Å². The van der Waals surface area contributed by atoms with E-state index in [9.17, 15) is 20.2 Å². The van der Waals surface area contributed by atoms with Crippen LogP contribution in [0.4, 0.5) is 0 Å². The number of nitrogens with zero attached hydrogens (tertiary/aromatic N) is 2. The molecule has 0 unspecified atom stereocenters. The minimum absolute atomic E-state index is 0.126. The van der Waals surface area contributed by atoms with E-state index in [1.54, 1.807) is 0 Å². The van der Waals surface area contributed by atoms with Crippen molar-refractivity contribution < 1.29 is 14.6 Å². The summed E-state index contributed by atoms with van der Waals surface area (Å²) in [5, 5.41) is 24.9. The van der Waals surface area contributed by atoms with Crippen LogP contribution in [0.5, 0.6) is 5.75 Å². The molecule has 1 atom stereocenters. The van der Waals surface area contributed by atoms with Gasteiger partial charge in [-0.1, -0.05) is 23.2 Å². The van der Waals surface area contributed by atoms with Gasteiger partial charge in [0.1, 0.15) is 5.92 Å². The summed E-state index contributed by atoms with van der Waals surface area (Å²) >= 11 is 11.9. The Hall–Kier alpha value is -2.06. The van der Waals surface area contributed by atoms with Gasteiger partial charge >= 0.3 is 5.70 Å². The fourth-order valence-corrected chi connectivity index (χ4v) is 2.68. The fourth-order valence-electron chi connectivity index (χ4n) is 2.13. The lowest BCUT2D eigenvalue weighted by Crippen LogP contribution is -2.30. The first-order chi connectivity index (χ1) is 9.85. The number of hydrogen-bond donors (Lipinski definition) is 1. The molecule has 112 valence electrons. The predicted octanol–water partition coefficient (Wildman–Crippen LogP) is 2.41. The maximum atomic E-state index is 11.2. The smallest absolute Gasteiger partial charge is 0.319 e. The lowest BCUT2D eigenvalue weighted by atomic mass is 9.93. The molecule has 10 heteroatoms. The second-order valence-electron chi connectivity index (χ2n) is 4.20. The maximum Gasteiger partial charge on any atom is 0.319 e. The summed E-state index contributed by atoms with van der Waals surface area (Å²) in [4.78, 5) is 20.7. The Balaban J connectivity index is 2.68. The molecule has 8 nitrogen and oxygen atoms in total. The monoisotopic (exact) mass is 333 g/mol. The van der Waals surface area contributed by atoms with Crippen LogP contribution in [0.1, 0.15) is 11.5 Å². The van der Waals surface area contributed by atoms with E-state index >= 15 is 0 Å². The zero-order valence-corrected chi connectivity index (χ0v) is 12.1. The van der Waals surface area contributed by atoms with Crippen LogP contribution in [0.15, 0.2) is 23.7 Å². The van der Waals surface area contributed by atoms with Crippen LogP contribution in [0.25, 0.3) is 0 Å². The van der Waals surface area contributed by atoms with E-state index in [0.717, 1.165) is 0 Å². The molecule has 1 N–H and O–H groups in total. The maximum absolute atomic E-state index is 11.2. The molecule has 0 bridgehead atoms. The number of hydrogen-bond acceptors (Lipinski definition) is 6. The first-order valence-electron chi connectivity index (χ1n) is 5.70. The summed E-state index contributed by atoms with van der Waals surface area (Å²) in [7, 11) is 1.41. The summed E-state index contributed by atoms with van der Waals surface area (Å²) in [6, 6.07) is 2.78. The van der Waals surface area contributed by atoms with Gasteiger partial charge in [-0.05, 0) is 12.1 Å². The predicted molar refractivity (Wildman–Crippen MR) is 74.8 cm³/mol. The van der Waals surface area contributed by atoms with Crippen LogP contribution in [0, 0.1) is 20.2 Å². The molecule has 2 rings (SSSR count). The van der Waals surface area contributed by atoms with E-state index < -0.39 is 28.0 Å². The largest absolute Gasteiger partial charge is 0.434 e. The third kappa shape index (κ3) is 2.86. The average molecular weight is 334 g/mol. The van der Waals surface area contributed by atoms with Gasteiger partial charge in [0.05, 0.1) is 9.95 Å². The topological polar surface area (TPSA) is 108 Å². The molecule has 0 saturated heterocycles. The molecule has 0 aromatic heterocycles. The molecule has 0 aliphatic carbocycles. The number of fused-ring (bicyclic) bond motifs is 1. The second-order valence-corrected chi connectivity index (χ2v) is 5.04. The SMILES string of the molecule is CNC1=C([N+](=O)[O-])[C@H](C[N+](=O)[O-])c2cc(Cl)cc(Cl)c2O1. The van der Waals surface area contributed by atoms with E-state index in [1.165, 1.54) is 19.2 Å². The highest BCUT2D eigenvalue weighted by Crippen LogP contribution is 2.44. The Labute approximate surface area is 128 Å². The minimum Gasteiger partial charge on any atom is -0.434 e. The molecule has 0 spiro atoms. The highest BCUT2D eigenvalue weighted by Gasteiger charge is 2.42. The van der Waals surface area contributed by atoms with Crippen molar-refractivity contribution in [1.82, 2.24) is 5.32 Å². The Morgan fingerprint density at radius 3 is 2.52 bits per heavy atom. The van der Waals surface area contributed by atoms with Gasteiger partial charge in [0.15, 0.2) is 5.75 Å². The second kappa shape index (κ2) is 5.74. The van der Waals surface area contributed by atoms with Crippen molar-refractivity contribution in [2.45, 2.75) is 5.92 Å². The lowest BCUT2D eigenvalue weighted by molar-refractivity contribution is -0.495. The zero-order valence-electron chi connectivity index (χ0n) is 10.6. The number of rotatable bonds is 4. The number of ether oxygens (including phenoxy) is 1. The molecule has 0 saturated carbocycles. The van der Waals surface area contributed by atoms with Crippen molar-refractivity contribution in [3.63, 3.8) is 0 Å². The summed E-state index contributed by atoms with van der Waals surface area (Å²) in [6.07, 6.45) is 0. The molecule has 1 aromatic carbocycles. The molecule has 1 aliphatic heterocycles. The van der Waals surface area contributed by atoms with Gasteiger partial charge in [-0.2, -0.15) is 0 Å². The van der Waals surface area contributed by atoms with Crippen molar-refractivity contribution in [2.24, 2.45) is 0 Å². The van der Waals surface area contributed by atoms with E-state index in [2.05, 4.69) is 5.32 Å². The van der Waals surface area contributed by atoms with Crippen LogP contribution >= 0.6 is 23.2 Å². The number of benzene rings is 1. The van der Waals surface area contributed by atoms with Gasteiger partial charge in [0.2, 0.25) is 6.54 Å². The van der Waals surface area contributed by atoms with Gasteiger partial charge in [-0.3, -0.25) is 20.2 Å². The summed E-state index contributed by atoms with van der Waals surface area (Å²) in [5.74, 6) is -1.16. The molecule has 0 amide bonds. The van der Waals surface area contributed by atoms with Gasteiger partial charge in [-0.15, -0.1) is 0 Å². The Morgan fingerprint density at radius 1 is 1.33 bits per heavy atom. The van der Waals surface area contributed by atoms with Gasteiger partial charge in [0, 0.05) is 22.6 Å². The molecule has 1 aromatic rings. The summed E-state index contributed by atoms with van der Waals surface area (Å²) < 4.78 is 5.37. The zero-order chi connectivity index (χ0) is 15.7. The molecule has 21 heavy (non-hydrogen) atoms. The average Bonchev–Trinajstić information content (AvgIpc) is 2.37. The Morgan fingerprint density at radius 2 is 2.00 bits per heavy atom. The molecule has 0 fully saturated rings. The first kappa shape index (κ1) is 15.3. The van der Waals surface area contributed by atoms with E-state index in [-0.39, 0.29) is 27.2 Å². The standard InChI is InChI=1S/C11H9Cl2N3O5/c1-14-11-9(16(19)20)7(4-15(17)18)6-2-5(12)3-8(13)10(6)21-11/h2-3,7,14H,4H2,1H3/t7-/m1/s1. The van der Waals surface area contributed by atoms with Crippen LogP contribution in [-0.2, 0) is 0 Å². The molecule has 1 heterocycles. The van der Waals surface area contributed by atoms with E-state index in [0.29, 0.717) is 0 Å². The quantitative estimate of drug-likeness (QED) is 0.669. The van der Waals surface area contributed by atoms with E-state index in [1.807, 2.05) is 0 Å². The Kier molecular flexibility index (Phi) is 4.19. The molecule has 1 aliphatic rings. The van der Waals surface area contributed by atoms with Crippen molar-refractivity contribution >= 4 is 23.2 Å². The van der Waals surface area contributed by atoms with Crippen LogP contribution in [0.2, 0.25) is 10.0 Å².